The zero-order valence-electron chi connectivity index (χ0n) is 19.2. The molecule has 1 saturated heterocycles. The van der Waals surface area contributed by atoms with E-state index in [1.807, 2.05) is 40.5 Å². The highest BCUT2D eigenvalue weighted by molar-refractivity contribution is 7.19. The summed E-state index contributed by atoms with van der Waals surface area (Å²) in [5, 5.41) is 1.30. The van der Waals surface area contributed by atoms with E-state index >= 15 is 0 Å². The van der Waals surface area contributed by atoms with E-state index in [0.717, 1.165) is 36.9 Å². The fourth-order valence-corrected chi connectivity index (χ4v) is 6.38. The van der Waals surface area contributed by atoms with Crippen molar-refractivity contribution in [3.63, 3.8) is 0 Å². The topological polar surface area (TPSA) is 58.6 Å². The normalized spacial score (nSPS) is 18.8. The van der Waals surface area contributed by atoms with E-state index in [9.17, 15) is 4.79 Å². The molecule has 0 N–H and O–H groups in total. The van der Waals surface area contributed by atoms with Crippen molar-refractivity contribution >= 4 is 33.3 Å². The predicted molar refractivity (Wildman–Crippen MR) is 132 cm³/mol. The molecule has 0 unspecified atom stereocenters. The maximum Gasteiger partial charge on any atom is 0.253 e. The lowest BCUT2D eigenvalue weighted by Gasteiger charge is -2.36. The smallest absolute Gasteiger partial charge is 0.253 e. The van der Waals surface area contributed by atoms with Gasteiger partial charge in [0.25, 0.3) is 5.91 Å². The first-order chi connectivity index (χ1) is 16.2. The Labute approximate surface area is 198 Å². The van der Waals surface area contributed by atoms with Crippen LogP contribution in [0.2, 0.25) is 0 Å². The van der Waals surface area contributed by atoms with Gasteiger partial charge in [-0.2, -0.15) is 0 Å². The highest BCUT2D eigenvalue weighted by Gasteiger charge is 2.32. The average Bonchev–Trinajstić information content (AvgIpc) is 3.68. The molecule has 1 amide bonds. The molecule has 0 atom stereocenters. The van der Waals surface area contributed by atoms with Crippen LogP contribution in [0.15, 0.2) is 24.3 Å². The molecule has 33 heavy (non-hydrogen) atoms. The second-order valence-corrected chi connectivity index (χ2v) is 10.5. The second-order valence-electron chi connectivity index (χ2n) is 9.43. The van der Waals surface area contributed by atoms with Crippen molar-refractivity contribution in [2.24, 2.45) is 0 Å². The molecule has 2 aromatic heterocycles. The standard InChI is InChI=1S/C26H30N4O2S/c1-32-19-11-9-18(10-12-19)26(31)30-15-13-29(14-16-30)24-22-20-5-3-2-4-6-21(20)33-25(22)28-23(27-24)17-7-8-17/h9-12,17H,2-8,13-16H2,1H3. The summed E-state index contributed by atoms with van der Waals surface area (Å²) in [7, 11) is 1.64. The molecule has 1 aromatic carbocycles. The number of hydrogen-bond acceptors (Lipinski definition) is 6. The Morgan fingerprint density at radius 2 is 1.76 bits per heavy atom. The zero-order valence-corrected chi connectivity index (χ0v) is 20.0. The van der Waals surface area contributed by atoms with Crippen LogP contribution in [0.3, 0.4) is 0 Å². The number of methoxy groups -OCH3 is 1. The fourth-order valence-electron chi connectivity index (χ4n) is 5.12. The van der Waals surface area contributed by atoms with Gasteiger partial charge in [-0.3, -0.25) is 4.79 Å². The van der Waals surface area contributed by atoms with Crippen molar-refractivity contribution in [1.82, 2.24) is 14.9 Å². The Bertz CT molecular complexity index is 1180. The molecular formula is C26H30N4O2S. The Balaban J connectivity index is 1.27. The third-order valence-electron chi connectivity index (χ3n) is 7.21. The number of benzene rings is 1. The van der Waals surface area contributed by atoms with Gasteiger partial charge in [-0.05, 0) is 68.4 Å². The number of nitrogens with zero attached hydrogens (tertiary/aromatic N) is 4. The quantitative estimate of drug-likeness (QED) is 0.521. The summed E-state index contributed by atoms with van der Waals surface area (Å²) in [5.74, 6) is 3.55. The lowest BCUT2D eigenvalue weighted by atomic mass is 10.1. The lowest BCUT2D eigenvalue weighted by Crippen LogP contribution is -2.49. The number of aryl methyl sites for hydroxylation is 2. The highest BCUT2D eigenvalue weighted by Crippen LogP contribution is 2.44. The maximum atomic E-state index is 13.0. The summed E-state index contributed by atoms with van der Waals surface area (Å²) in [6.07, 6.45) is 8.59. The molecule has 2 fully saturated rings. The summed E-state index contributed by atoms with van der Waals surface area (Å²) < 4.78 is 5.22. The molecule has 1 aliphatic heterocycles. The number of amides is 1. The van der Waals surface area contributed by atoms with E-state index in [1.54, 1.807) is 7.11 Å². The Morgan fingerprint density at radius 3 is 2.48 bits per heavy atom. The number of rotatable bonds is 4. The molecule has 3 aliphatic rings. The van der Waals surface area contributed by atoms with Gasteiger partial charge >= 0.3 is 0 Å². The molecule has 0 bridgehead atoms. The largest absolute Gasteiger partial charge is 0.497 e. The van der Waals surface area contributed by atoms with Crippen LogP contribution in [0.1, 0.15) is 64.6 Å². The van der Waals surface area contributed by atoms with Gasteiger partial charge in [0.1, 0.15) is 22.2 Å². The number of carbonyl (C=O) groups is 1. The molecule has 172 valence electrons. The minimum Gasteiger partial charge on any atom is -0.497 e. The number of piperazine rings is 1. The third kappa shape index (κ3) is 3.97. The average molecular weight is 463 g/mol. The van der Waals surface area contributed by atoms with E-state index in [-0.39, 0.29) is 5.91 Å². The first-order valence-corrected chi connectivity index (χ1v) is 13.0. The maximum absolute atomic E-state index is 13.0. The van der Waals surface area contributed by atoms with Gasteiger partial charge in [0, 0.05) is 42.5 Å². The Kier molecular flexibility index (Phi) is 5.45. The van der Waals surface area contributed by atoms with Gasteiger partial charge in [-0.15, -0.1) is 11.3 Å². The predicted octanol–water partition coefficient (Wildman–Crippen LogP) is 4.81. The molecule has 3 heterocycles. The summed E-state index contributed by atoms with van der Waals surface area (Å²) >= 11 is 1.90. The Hall–Kier alpha value is -2.67. The van der Waals surface area contributed by atoms with E-state index in [0.29, 0.717) is 24.6 Å². The van der Waals surface area contributed by atoms with Crippen LogP contribution >= 0.6 is 11.3 Å². The Morgan fingerprint density at radius 1 is 1.00 bits per heavy atom. The molecule has 3 aromatic rings. The fraction of sp³-hybridized carbons (Fsp3) is 0.500. The molecular weight excluding hydrogens is 432 g/mol. The SMILES string of the molecule is COc1ccc(C(=O)N2CCN(c3nc(C4CC4)nc4sc5c(c34)CCCCC5)CC2)cc1. The number of fused-ring (bicyclic) bond motifs is 3. The van der Waals surface area contributed by atoms with E-state index < -0.39 is 0 Å². The molecule has 0 radical (unpaired) electrons. The van der Waals surface area contributed by atoms with Crippen LogP contribution in [0.4, 0.5) is 5.82 Å². The second kappa shape index (κ2) is 8.60. The first kappa shape index (κ1) is 20.9. The van der Waals surface area contributed by atoms with Crippen molar-refractivity contribution < 1.29 is 9.53 Å². The number of anilines is 1. The molecule has 2 aliphatic carbocycles. The molecule has 1 saturated carbocycles. The monoisotopic (exact) mass is 462 g/mol. The van der Waals surface area contributed by atoms with Gasteiger partial charge in [-0.1, -0.05) is 6.42 Å². The van der Waals surface area contributed by atoms with E-state index in [2.05, 4.69) is 4.90 Å². The van der Waals surface area contributed by atoms with Crippen molar-refractivity contribution in [3.05, 3.63) is 46.1 Å². The van der Waals surface area contributed by atoms with Crippen LogP contribution in [0.25, 0.3) is 10.2 Å². The van der Waals surface area contributed by atoms with Gasteiger partial charge in [0.15, 0.2) is 0 Å². The molecule has 6 nitrogen and oxygen atoms in total. The van der Waals surface area contributed by atoms with Crippen molar-refractivity contribution in [2.75, 3.05) is 38.2 Å². The minimum atomic E-state index is 0.0909. The number of carbonyl (C=O) groups excluding carboxylic acids is 1. The van der Waals surface area contributed by atoms with Crippen LogP contribution in [-0.4, -0.2) is 54.1 Å². The van der Waals surface area contributed by atoms with Crippen molar-refractivity contribution in [2.45, 2.75) is 50.9 Å². The lowest BCUT2D eigenvalue weighted by molar-refractivity contribution is 0.0746. The van der Waals surface area contributed by atoms with E-state index in [4.69, 9.17) is 14.7 Å². The van der Waals surface area contributed by atoms with Crippen LogP contribution in [-0.2, 0) is 12.8 Å². The summed E-state index contributed by atoms with van der Waals surface area (Å²) in [6.45, 7) is 3.04. The highest BCUT2D eigenvalue weighted by atomic mass is 32.1. The zero-order chi connectivity index (χ0) is 22.4. The van der Waals surface area contributed by atoms with Crippen LogP contribution in [0, 0.1) is 0 Å². The number of thiophene rings is 1. The first-order valence-electron chi connectivity index (χ1n) is 12.2. The van der Waals surface area contributed by atoms with Gasteiger partial charge in [0.2, 0.25) is 0 Å². The summed E-state index contributed by atoms with van der Waals surface area (Å²) in [5.41, 5.74) is 2.22. The van der Waals surface area contributed by atoms with Gasteiger partial charge in [-0.25, -0.2) is 9.97 Å². The van der Waals surface area contributed by atoms with Crippen LogP contribution in [0.5, 0.6) is 5.75 Å². The van der Waals surface area contributed by atoms with Gasteiger partial charge in [0.05, 0.1) is 12.5 Å². The molecule has 0 spiro atoms. The molecule has 6 rings (SSSR count). The van der Waals surface area contributed by atoms with Crippen LogP contribution < -0.4 is 9.64 Å². The molecule has 7 heteroatoms. The number of ether oxygens (including phenoxy) is 1. The van der Waals surface area contributed by atoms with E-state index in [1.165, 1.54) is 59.2 Å². The van der Waals surface area contributed by atoms with Gasteiger partial charge < -0.3 is 14.5 Å². The number of hydrogen-bond donors (Lipinski definition) is 0. The van der Waals surface area contributed by atoms with Crippen molar-refractivity contribution in [3.8, 4) is 5.75 Å². The summed E-state index contributed by atoms with van der Waals surface area (Å²) in [6, 6.07) is 7.40. The summed E-state index contributed by atoms with van der Waals surface area (Å²) in [4.78, 5) is 30.3. The minimum absolute atomic E-state index is 0.0909. The van der Waals surface area contributed by atoms with Crippen molar-refractivity contribution in [1.29, 1.82) is 0 Å². The number of aromatic nitrogens is 2. The third-order valence-corrected chi connectivity index (χ3v) is 8.39.